The lowest BCUT2D eigenvalue weighted by Crippen LogP contribution is -2.28. The molecule has 1 aromatic carbocycles. The summed E-state index contributed by atoms with van der Waals surface area (Å²) in [4.78, 5) is 2.40. The van der Waals surface area contributed by atoms with Crippen molar-refractivity contribution < 1.29 is 4.74 Å². The van der Waals surface area contributed by atoms with Crippen molar-refractivity contribution in [1.82, 2.24) is 4.90 Å². The van der Waals surface area contributed by atoms with Crippen LogP contribution in [0.2, 0.25) is 0 Å². The molecule has 0 saturated heterocycles. The van der Waals surface area contributed by atoms with Crippen LogP contribution in [0.4, 0.5) is 0 Å². The monoisotopic (exact) mass is 284 g/mol. The Morgan fingerprint density at radius 1 is 1.44 bits per heavy atom. The van der Waals surface area contributed by atoms with Crippen LogP contribution in [0, 0.1) is 0 Å². The second kappa shape index (κ2) is 5.66. The van der Waals surface area contributed by atoms with Gasteiger partial charge in [0, 0.05) is 23.1 Å². The van der Waals surface area contributed by atoms with Gasteiger partial charge in [-0.1, -0.05) is 22.0 Å². The number of hydrogen-bond donors (Lipinski definition) is 1. The first-order chi connectivity index (χ1) is 7.79. The number of rotatable bonds is 3. The summed E-state index contributed by atoms with van der Waals surface area (Å²) in [6.45, 7) is 4.50. The van der Waals surface area contributed by atoms with Gasteiger partial charge < -0.3 is 10.5 Å². The van der Waals surface area contributed by atoms with Crippen LogP contribution >= 0.6 is 15.9 Å². The number of nitrogens with zero attached hydrogens (tertiary/aromatic N) is 1. The van der Waals surface area contributed by atoms with Crippen LogP contribution in [0.5, 0.6) is 5.75 Å². The number of ether oxygens (including phenoxy) is 1. The molecule has 1 aromatic rings. The second-order valence-corrected chi connectivity index (χ2v) is 4.93. The van der Waals surface area contributed by atoms with E-state index in [0.29, 0.717) is 0 Å². The molecule has 0 radical (unpaired) electrons. The van der Waals surface area contributed by atoms with Crippen molar-refractivity contribution in [3.63, 3.8) is 0 Å². The SMILES string of the molecule is NCCCN1CCOc2cc(Br)ccc2C1. The summed E-state index contributed by atoms with van der Waals surface area (Å²) >= 11 is 3.46. The van der Waals surface area contributed by atoms with Crippen LogP contribution in [-0.2, 0) is 6.54 Å². The highest BCUT2D eigenvalue weighted by Crippen LogP contribution is 2.26. The van der Waals surface area contributed by atoms with Crippen molar-refractivity contribution in [3.05, 3.63) is 28.2 Å². The molecule has 16 heavy (non-hydrogen) atoms. The van der Waals surface area contributed by atoms with Crippen LogP contribution in [0.3, 0.4) is 0 Å². The Labute approximate surface area is 105 Å². The van der Waals surface area contributed by atoms with Crippen LogP contribution < -0.4 is 10.5 Å². The maximum absolute atomic E-state index is 5.74. The summed E-state index contributed by atoms with van der Waals surface area (Å²) in [7, 11) is 0. The largest absolute Gasteiger partial charge is 0.492 e. The molecule has 1 aliphatic rings. The Balaban J connectivity index is 2.08. The summed E-state index contributed by atoms with van der Waals surface area (Å²) in [5.41, 5.74) is 6.80. The van der Waals surface area contributed by atoms with Gasteiger partial charge in [-0.2, -0.15) is 0 Å². The highest BCUT2D eigenvalue weighted by molar-refractivity contribution is 9.10. The van der Waals surface area contributed by atoms with Crippen molar-refractivity contribution in [3.8, 4) is 5.75 Å². The van der Waals surface area contributed by atoms with E-state index in [9.17, 15) is 0 Å². The van der Waals surface area contributed by atoms with E-state index in [1.54, 1.807) is 0 Å². The van der Waals surface area contributed by atoms with E-state index in [1.807, 2.05) is 6.07 Å². The van der Waals surface area contributed by atoms with Crippen molar-refractivity contribution in [1.29, 1.82) is 0 Å². The van der Waals surface area contributed by atoms with E-state index in [0.717, 1.165) is 49.4 Å². The molecular formula is C12H17BrN2O. The van der Waals surface area contributed by atoms with E-state index in [1.165, 1.54) is 5.56 Å². The lowest BCUT2D eigenvalue weighted by Gasteiger charge is -2.18. The summed E-state index contributed by atoms with van der Waals surface area (Å²) in [6.07, 6.45) is 1.05. The predicted octanol–water partition coefficient (Wildman–Crippen LogP) is 1.99. The standard InChI is InChI=1S/C12H17BrN2O/c13-11-3-2-10-9-15(5-1-4-14)6-7-16-12(10)8-11/h2-3,8H,1,4-7,9,14H2. The molecule has 0 amide bonds. The Morgan fingerprint density at radius 3 is 3.12 bits per heavy atom. The van der Waals surface area contributed by atoms with Gasteiger partial charge in [0.1, 0.15) is 12.4 Å². The summed E-state index contributed by atoms with van der Waals surface area (Å²) in [5.74, 6) is 1.00. The lowest BCUT2D eigenvalue weighted by atomic mass is 10.2. The van der Waals surface area contributed by atoms with Gasteiger partial charge in [-0.15, -0.1) is 0 Å². The first kappa shape index (κ1) is 11.9. The topological polar surface area (TPSA) is 38.5 Å². The molecule has 2 rings (SSSR count). The molecule has 0 saturated carbocycles. The van der Waals surface area contributed by atoms with E-state index in [2.05, 4.69) is 33.0 Å². The van der Waals surface area contributed by atoms with Gasteiger partial charge in [-0.25, -0.2) is 0 Å². The molecule has 1 aliphatic heterocycles. The summed E-state index contributed by atoms with van der Waals surface area (Å²) in [5, 5.41) is 0. The molecule has 0 spiro atoms. The summed E-state index contributed by atoms with van der Waals surface area (Å²) in [6, 6.07) is 6.23. The van der Waals surface area contributed by atoms with E-state index in [-0.39, 0.29) is 0 Å². The van der Waals surface area contributed by atoms with E-state index >= 15 is 0 Å². The number of hydrogen-bond acceptors (Lipinski definition) is 3. The molecule has 4 heteroatoms. The Bertz CT molecular complexity index is 357. The highest BCUT2D eigenvalue weighted by atomic mass is 79.9. The molecule has 0 atom stereocenters. The fourth-order valence-corrected chi connectivity index (χ4v) is 2.24. The molecule has 0 aliphatic carbocycles. The van der Waals surface area contributed by atoms with Crippen molar-refractivity contribution in [2.45, 2.75) is 13.0 Å². The fourth-order valence-electron chi connectivity index (χ4n) is 1.90. The number of fused-ring (bicyclic) bond motifs is 1. The van der Waals surface area contributed by atoms with Crippen molar-refractivity contribution >= 4 is 15.9 Å². The third-order valence-electron chi connectivity index (χ3n) is 2.77. The second-order valence-electron chi connectivity index (χ2n) is 4.02. The average Bonchev–Trinajstić information content (AvgIpc) is 2.47. The van der Waals surface area contributed by atoms with Gasteiger partial charge in [-0.05, 0) is 31.6 Å². The zero-order valence-electron chi connectivity index (χ0n) is 9.29. The molecule has 3 nitrogen and oxygen atoms in total. The minimum atomic E-state index is 0.755. The minimum absolute atomic E-state index is 0.755. The van der Waals surface area contributed by atoms with Crippen LogP contribution in [0.1, 0.15) is 12.0 Å². The third kappa shape index (κ3) is 2.97. The molecule has 0 unspecified atom stereocenters. The van der Waals surface area contributed by atoms with E-state index < -0.39 is 0 Å². The van der Waals surface area contributed by atoms with Gasteiger partial charge in [0.2, 0.25) is 0 Å². The molecule has 2 N–H and O–H groups in total. The summed E-state index contributed by atoms with van der Waals surface area (Å²) < 4.78 is 6.81. The van der Waals surface area contributed by atoms with Gasteiger partial charge >= 0.3 is 0 Å². The molecule has 0 aromatic heterocycles. The molecule has 88 valence electrons. The van der Waals surface area contributed by atoms with Gasteiger partial charge in [0.05, 0.1) is 0 Å². The fraction of sp³-hybridized carbons (Fsp3) is 0.500. The number of nitrogens with two attached hydrogens (primary N) is 1. The maximum atomic E-state index is 5.74. The van der Waals surface area contributed by atoms with Crippen LogP contribution in [0.25, 0.3) is 0 Å². The quantitative estimate of drug-likeness (QED) is 0.923. The maximum Gasteiger partial charge on any atom is 0.124 e. The van der Waals surface area contributed by atoms with Crippen LogP contribution in [-0.4, -0.2) is 31.1 Å². The Hall–Kier alpha value is -0.580. The molecule has 0 bridgehead atoms. The predicted molar refractivity (Wildman–Crippen MR) is 68.6 cm³/mol. The Morgan fingerprint density at radius 2 is 2.31 bits per heavy atom. The highest BCUT2D eigenvalue weighted by Gasteiger charge is 2.14. The first-order valence-corrected chi connectivity index (χ1v) is 6.42. The van der Waals surface area contributed by atoms with Gasteiger partial charge in [0.25, 0.3) is 0 Å². The lowest BCUT2D eigenvalue weighted by molar-refractivity contribution is 0.225. The molecular weight excluding hydrogens is 268 g/mol. The molecule has 1 heterocycles. The van der Waals surface area contributed by atoms with Gasteiger partial charge in [0.15, 0.2) is 0 Å². The van der Waals surface area contributed by atoms with Crippen molar-refractivity contribution in [2.24, 2.45) is 5.73 Å². The third-order valence-corrected chi connectivity index (χ3v) is 3.26. The smallest absolute Gasteiger partial charge is 0.124 e. The van der Waals surface area contributed by atoms with Crippen LogP contribution in [0.15, 0.2) is 22.7 Å². The number of halogens is 1. The number of benzene rings is 1. The Kier molecular flexibility index (Phi) is 4.21. The van der Waals surface area contributed by atoms with Crippen molar-refractivity contribution in [2.75, 3.05) is 26.2 Å². The average molecular weight is 285 g/mol. The normalized spacial score (nSPS) is 16.4. The zero-order chi connectivity index (χ0) is 11.4. The van der Waals surface area contributed by atoms with Gasteiger partial charge in [-0.3, -0.25) is 4.90 Å². The minimum Gasteiger partial charge on any atom is -0.492 e. The zero-order valence-corrected chi connectivity index (χ0v) is 10.9. The molecule has 0 fully saturated rings. The first-order valence-electron chi connectivity index (χ1n) is 5.63. The van der Waals surface area contributed by atoms with E-state index in [4.69, 9.17) is 10.5 Å².